The second-order valence-electron chi connectivity index (χ2n) is 4.09. The van der Waals surface area contributed by atoms with Crippen LogP contribution in [0, 0.1) is 0 Å². The van der Waals surface area contributed by atoms with E-state index in [9.17, 15) is 4.79 Å². The molecular weight excluding hydrogens is 278 g/mol. The Balaban J connectivity index is 2.26. The molecule has 0 bridgehead atoms. The first-order valence-electron chi connectivity index (χ1n) is 5.92. The van der Waals surface area contributed by atoms with Crippen molar-refractivity contribution in [3.63, 3.8) is 0 Å². The number of carbonyl (C=O) groups excluding carboxylic acids is 1. The number of amides is 2. The molecule has 0 spiro atoms. The van der Waals surface area contributed by atoms with Crippen LogP contribution in [0.4, 0.5) is 10.5 Å². The number of anilines is 1. The lowest BCUT2D eigenvalue weighted by atomic mass is 10.2. The maximum atomic E-state index is 11.6. The van der Waals surface area contributed by atoms with Crippen LogP contribution in [0.1, 0.15) is 5.56 Å². The molecule has 2 amide bonds. The summed E-state index contributed by atoms with van der Waals surface area (Å²) in [5.74, 6) is 0.749. The van der Waals surface area contributed by atoms with Gasteiger partial charge in [0.15, 0.2) is 5.15 Å². The van der Waals surface area contributed by atoms with E-state index in [0.29, 0.717) is 12.2 Å². The monoisotopic (exact) mass is 291 g/mol. The number of primary amides is 1. The summed E-state index contributed by atoms with van der Waals surface area (Å²) in [5, 5.41) is 0.236. The Bertz CT molecular complexity index is 602. The van der Waals surface area contributed by atoms with E-state index in [0.717, 1.165) is 11.3 Å². The Morgan fingerprint density at radius 2 is 2.05 bits per heavy atom. The van der Waals surface area contributed by atoms with Crippen molar-refractivity contribution in [3.8, 4) is 5.75 Å². The standard InChI is InChI=1S/C14H14ClN3O2/c1-20-11-6-4-10(5-7-11)9-18(14(16)19)12-3-2-8-17-13(12)15/h2-8H,9H2,1H3,(H2,16,19). The van der Waals surface area contributed by atoms with Crippen LogP contribution in [0.2, 0.25) is 5.15 Å². The van der Waals surface area contributed by atoms with Gasteiger partial charge in [-0.2, -0.15) is 0 Å². The van der Waals surface area contributed by atoms with Crippen LogP contribution in [-0.4, -0.2) is 18.1 Å². The van der Waals surface area contributed by atoms with Gasteiger partial charge in [0.25, 0.3) is 0 Å². The quantitative estimate of drug-likeness (QED) is 0.881. The minimum absolute atomic E-state index is 0.236. The highest BCUT2D eigenvalue weighted by atomic mass is 35.5. The second kappa shape index (κ2) is 6.25. The Morgan fingerprint density at radius 3 is 2.60 bits per heavy atom. The van der Waals surface area contributed by atoms with E-state index in [2.05, 4.69) is 4.98 Å². The van der Waals surface area contributed by atoms with Gasteiger partial charge in [0, 0.05) is 6.20 Å². The number of carbonyl (C=O) groups is 1. The second-order valence-corrected chi connectivity index (χ2v) is 4.44. The molecule has 1 aromatic carbocycles. The van der Waals surface area contributed by atoms with E-state index in [-0.39, 0.29) is 5.15 Å². The number of ether oxygens (including phenoxy) is 1. The van der Waals surface area contributed by atoms with Gasteiger partial charge in [0.2, 0.25) is 0 Å². The molecule has 0 unspecified atom stereocenters. The molecule has 0 fully saturated rings. The minimum Gasteiger partial charge on any atom is -0.497 e. The van der Waals surface area contributed by atoms with Crippen LogP contribution in [0.5, 0.6) is 5.75 Å². The van der Waals surface area contributed by atoms with Crippen molar-refractivity contribution in [2.75, 3.05) is 12.0 Å². The van der Waals surface area contributed by atoms with Crippen molar-refractivity contribution in [1.82, 2.24) is 4.98 Å². The van der Waals surface area contributed by atoms with E-state index in [1.165, 1.54) is 4.90 Å². The molecule has 2 aromatic rings. The van der Waals surface area contributed by atoms with Gasteiger partial charge in [-0.15, -0.1) is 0 Å². The zero-order valence-electron chi connectivity index (χ0n) is 10.9. The number of hydrogen-bond acceptors (Lipinski definition) is 3. The number of urea groups is 1. The van der Waals surface area contributed by atoms with Gasteiger partial charge in [-0.3, -0.25) is 4.90 Å². The molecule has 5 nitrogen and oxygen atoms in total. The van der Waals surface area contributed by atoms with Crippen LogP contribution >= 0.6 is 11.6 Å². The number of benzene rings is 1. The molecule has 1 aromatic heterocycles. The van der Waals surface area contributed by atoms with Crippen molar-refractivity contribution in [2.24, 2.45) is 5.73 Å². The maximum absolute atomic E-state index is 11.6. The van der Waals surface area contributed by atoms with E-state index < -0.39 is 6.03 Å². The molecule has 0 radical (unpaired) electrons. The fraction of sp³-hybridized carbons (Fsp3) is 0.143. The zero-order chi connectivity index (χ0) is 14.5. The molecule has 0 aliphatic heterocycles. The normalized spacial score (nSPS) is 10.1. The summed E-state index contributed by atoms with van der Waals surface area (Å²) >= 11 is 6.00. The molecule has 0 saturated heterocycles. The number of pyridine rings is 1. The van der Waals surface area contributed by atoms with Gasteiger partial charge >= 0.3 is 6.03 Å². The van der Waals surface area contributed by atoms with Crippen molar-refractivity contribution in [1.29, 1.82) is 0 Å². The predicted octanol–water partition coefficient (Wildman–Crippen LogP) is 2.83. The highest BCUT2D eigenvalue weighted by Crippen LogP contribution is 2.24. The lowest BCUT2D eigenvalue weighted by molar-refractivity contribution is 0.253. The molecule has 104 valence electrons. The van der Waals surface area contributed by atoms with Crippen LogP contribution in [0.25, 0.3) is 0 Å². The number of aromatic nitrogens is 1. The van der Waals surface area contributed by atoms with E-state index in [1.807, 2.05) is 24.3 Å². The van der Waals surface area contributed by atoms with Gasteiger partial charge in [0.05, 0.1) is 19.3 Å². The third-order valence-corrected chi connectivity index (χ3v) is 3.09. The highest BCUT2D eigenvalue weighted by molar-refractivity contribution is 6.32. The largest absolute Gasteiger partial charge is 0.497 e. The SMILES string of the molecule is COc1ccc(CN(C(N)=O)c2cccnc2Cl)cc1. The third kappa shape index (κ3) is 3.19. The van der Waals surface area contributed by atoms with Crippen LogP contribution in [0.15, 0.2) is 42.6 Å². The summed E-state index contributed by atoms with van der Waals surface area (Å²) in [5.41, 5.74) is 6.81. The van der Waals surface area contributed by atoms with E-state index in [1.54, 1.807) is 25.4 Å². The fourth-order valence-electron chi connectivity index (χ4n) is 1.77. The Morgan fingerprint density at radius 1 is 1.35 bits per heavy atom. The average Bonchev–Trinajstić information content (AvgIpc) is 2.46. The summed E-state index contributed by atoms with van der Waals surface area (Å²) in [6, 6.07) is 10.2. The first-order valence-corrected chi connectivity index (χ1v) is 6.30. The number of methoxy groups -OCH3 is 1. The van der Waals surface area contributed by atoms with Crippen molar-refractivity contribution in [3.05, 3.63) is 53.3 Å². The van der Waals surface area contributed by atoms with Crippen molar-refractivity contribution in [2.45, 2.75) is 6.54 Å². The number of rotatable bonds is 4. The smallest absolute Gasteiger partial charge is 0.319 e. The molecule has 1 heterocycles. The summed E-state index contributed by atoms with van der Waals surface area (Å²) in [4.78, 5) is 16.9. The summed E-state index contributed by atoms with van der Waals surface area (Å²) < 4.78 is 5.09. The molecule has 0 aliphatic rings. The van der Waals surface area contributed by atoms with Crippen LogP contribution in [-0.2, 0) is 6.54 Å². The number of halogens is 1. The Hall–Kier alpha value is -2.27. The highest BCUT2D eigenvalue weighted by Gasteiger charge is 2.16. The summed E-state index contributed by atoms with van der Waals surface area (Å²) in [6.07, 6.45) is 1.55. The lowest BCUT2D eigenvalue weighted by Crippen LogP contribution is -2.35. The van der Waals surface area contributed by atoms with Gasteiger partial charge < -0.3 is 10.5 Å². The van der Waals surface area contributed by atoms with Crippen LogP contribution < -0.4 is 15.4 Å². The average molecular weight is 292 g/mol. The molecule has 0 atom stereocenters. The molecule has 0 aliphatic carbocycles. The number of nitrogens with two attached hydrogens (primary N) is 1. The van der Waals surface area contributed by atoms with E-state index >= 15 is 0 Å². The number of hydrogen-bond donors (Lipinski definition) is 1. The van der Waals surface area contributed by atoms with Gasteiger partial charge in [-0.25, -0.2) is 9.78 Å². The van der Waals surface area contributed by atoms with Gasteiger partial charge in [0.1, 0.15) is 5.75 Å². The van der Waals surface area contributed by atoms with Gasteiger partial charge in [-0.1, -0.05) is 23.7 Å². The van der Waals surface area contributed by atoms with Crippen molar-refractivity contribution < 1.29 is 9.53 Å². The van der Waals surface area contributed by atoms with Crippen molar-refractivity contribution >= 4 is 23.3 Å². The molecule has 2 N–H and O–H groups in total. The topological polar surface area (TPSA) is 68.5 Å². The molecule has 20 heavy (non-hydrogen) atoms. The lowest BCUT2D eigenvalue weighted by Gasteiger charge is -2.21. The first kappa shape index (κ1) is 14.1. The maximum Gasteiger partial charge on any atom is 0.319 e. The molecule has 2 rings (SSSR count). The summed E-state index contributed by atoms with van der Waals surface area (Å²) in [6.45, 7) is 0.310. The Labute approximate surface area is 121 Å². The van der Waals surface area contributed by atoms with Crippen LogP contribution in [0.3, 0.4) is 0 Å². The molecule has 0 saturated carbocycles. The molecular formula is C14H14ClN3O2. The third-order valence-electron chi connectivity index (χ3n) is 2.80. The Kier molecular flexibility index (Phi) is 4.42. The van der Waals surface area contributed by atoms with Gasteiger partial charge in [-0.05, 0) is 29.8 Å². The molecule has 6 heteroatoms. The predicted molar refractivity (Wildman–Crippen MR) is 78.0 cm³/mol. The minimum atomic E-state index is -0.587. The summed E-state index contributed by atoms with van der Waals surface area (Å²) in [7, 11) is 1.60. The number of nitrogens with zero attached hydrogens (tertiary/aromatic N) is 2. The fourth-order valence-corrected chi connectivity index (χ4v) is 2.00. The zero-order valence-corrected chi connectivity index (χ0v) is 11.7. The van der Waals surface area contributed by atoms with E-state index in [4.69, 9.17) is 22.1 Å². The first-order chi connectivity index (χ1) is 9.61.